The summed E-state index contributed by atoms with van der Waals surface area (Å²) in [6, 6.07) is 21.5. The standard InChI is InChI=1S/C20H13NO3/c22-18-12-17(24-20(23)14-7-2-1-3-8-14)16-11-10-13-6-4-5-9-15(13)19(16)21-18/h1-12H,(H,21,22). The number of hydrogen-bond acceptors (Lipinski definition) is 3. The molecule has 0 amide bonds. The van der Waals surface area contributed by atoms with Gasteiger partial charge in [0.1, 0.15) is 5.75 Å². The van der Waals surface area contributed by atoms with Crippen LogP contribution in [-0.4, -0.2) is 11.0 Å². The van der Waals surface area contributed by atoms with Crippen LogP contribution in [0.2, 0.25) is 0 Å². The van der Waals surface area contributed by atoms with Gasteiger partial charge in [0.25, 0.3) is 5.56 Å². The Morgan fingerprint density at radius 3 is 2.42 bits per heavy atom. The van der Waals surface area contributed by atoms with E-state index in [1.807, 2.05) is 42.5 Å². The lowest BCUT2D eigenvalue weighted by molar-refractivity contribution is 0.0737. The minimum Gasteiger partial charge on any atom is -0.422 e. The van der Waals surface area contributed by atoms with Gasteiger partial charge < -0.3 is 9.72 Å². The Bertz CT molecular complexity index is 1110. The molecule has 1 N–H and O–H groups in total. The van der Waals surface area contributed by atoms with Gasteiger partial charge >= 0.3 is 5.97 Å². The van der Waals surface area contributed by atoms with Gasteiger partial charge in [-0.05, 0) is 23.6 Å². The number of aromatic amines is 1. The minimum atomic E-state index is -0.490. The molecule has 4 aromatic rings. The van der Waals surface area contributed by atoms with Crippen LogP contribution in [0, 0.1) is 0 Å². The van der Waals surface area contributed by atoms with Gasteiger partial charge in [-0.25, -0.2) is 4.79 Å². The Labute approximate surface area is 137 Å². The summed E-state index contributed by atoms with van der Waals surface area (Å²) >= 11 is 0. The Morgan fingerprint density at radius 2 is 1.58 bits per heavy atom. The fourth-order valence-electron chi connectivity index (χ4n) is 2.79. The average Bonchev–Trinajstić information content (AvgIpc) is 2.62. The Morgan fingerprint density at radius 1 is 0.833 bits per heavy atom. The zero-order valence-electron chi connectivity index (χ0n) is 12.7. The highest BCUT2D eigenvalue weighted by molar-refractivity contribution is 6.07. The highest BCUT2D eigenvalue weighted by Crippen LogP contribution is 2.29. The first-order valence-electron chi connectivity index (χ1n) is 7.54. The number of rotatable bonds is 2. The maximum Gasteiger partial charge on any atom is 0.343 e. The number of benzene rings is 3. The van der Waals surface area contributed by atoms with E-state index in [4.69, 9.17) is 4.74 Å². The number of pyridine rings is 1. The molecule has 4 heteroatoms. The maximum atomic E-state index is 12.3. The Balaban J connectivity index is 1.88. The molecule has 1 heterocycles. The van der Waals surface area contributed by atoms with Crippen LogP contribution in [0.1, 0.15) is 10.4 Å². The molecule has 3 aromatic carbocycles. The molecular formula is C20H13NO3. The molecule has 0 saturated carbocycles. The second-order valence-corrected chi connectivity index (χ2v) is 5.46. The van der Waals surface area contributed by atoms with Crippen molar-refractivity contribution in [2.75, 3.05) is 0 Å². The number of carbonyl (C=O) groups excluding carboxylic acids is 1. The third-order valence-corrected chi connectivity index (χ3v) is 3.92. The smallest absolute Gasteiger partial charge is 0.343 e. The van der Waals surface area contributed by atoms with Crippen LogP contribution in [0.4, 0.5) is 0 Å². The summed E-state index contributed by atoms with van der Waals surface area (Å²) in [6.45, 7) is 0. The molecule has 0 aliphatic carbocycles. The lowest BCUT2D eigenvalue weighted by atomic mass is 10.1. The van der Waals surface area contributed by atoms with E-state index in [-0.39, 0.29) is 11.3 Å². The van der Waals surface area contributed by atoms with Crippen molar-refractivity contribution in [3.8, 4) is 5.75 Å². The van der Waals surface area contributed by atoms with Crippen LogP contribution in [-0.2, 0) is 0 Å². The summed E-state index contributed by atoms with van der Waals surface area (Å²) in [6.07, 6.45) is 0. The van der Waals surface area contributed by atoms with Crippen LogP contribution in [0.3, 0.4) is 0 Å². The first kappa shape index (κ1) is 14.2. The zero-order valence-corrected chi connectivity index (χ0v) is 12.7. The number of ether oxygens (including phenoxy) is 1. The SMILES string of the molecule is O=C(Oc1cc(=O)[nH]c2c1ccc1ccccc12)c1ccccc1. The third-order valence-electron chi connectivity index (χ3n) is 3.92. The summed E-state index contributed by atoms with van der Waals surface area (Å²) < 4.78 is 5.48. The summed E-state index contributed by atoms with van der Waals surface area (Å²) in [5.41, 5.74) is 0.790. The topological polar surface area (TPSA) is 59.2 Å². The van der Waals surface area contributed by atoms with Crippen molar-refractivity contribution < 1.29 is 9.53 Å². The first-order valence-corrected chi connectivity index (χ1v) is 7.54. The van der Waals surface area contributed by atoms with E-state index in [0.29, 0.717) is 16.5 Å². The monoisotopic (exact) mass is 315 g/mol. The molecule has 0 aliphatic rings. The number of hydrogen-bond donors (Lipinski definition) is 1. The lowest BCUT2D eigenvalue weighted by Gasteiger charge is -2.09. The van der Waals surface area contributed by atoms with E-state index in [9.17, 15) is 9.59 Å². The van der Waals surface area contributed by atoms with Crippen molar-refractivity contribution in [2.45, 2.75) is 0 Å². The van der Waals surface area contributed by atoms with Crippen LogP contribution in [0.5, 0.6) is 5.75 Å². The van der Waals surface area contributed by atoms with Crippen molar-refractivity contribution >= 4 is 27.6 Å². The average molecular weight is 315 g/mol. The fraction of sp³-hybridized carbons (Fsp3) is 0. The van der Waals surface area contributed by atoms with Crippen LogP contribution >= 0.6 is 0 Å². The normalized spacial score (nSPS) is 10.8. The molecule has 4 nitrogen and oxygen atoms in total. The summed E-state index contributed by atoms with van der Waals surface area (Å²) in [5, 5.41) is 2.61. The van der Waals surface area contributed by atoms with E-state index in [1.165, 1.54) is 6.07 Å². The van der Waals surface area contributed by atoms with Crippen LogP contribution in [0.25, 0.3) is 21.7 Å². The Hall–Kier alpha value is -3.40. The number of H-pyrrole nitrogens is 1. The van der Waals surface area contributed by atoms with Crippen molar-refractivity contribution in [1.82, 2.24) is 4.98 Å². The van der Waals surface area contributed by atoms with E-state index in [0.717, 1.165) is 10.8 Å². The van der Waals surface area contributed by atoms with Gasteiger partial charge in [0.2, 0.25) is 0 Å². The number of nitrogens with one attached hydrogen (secondary N) is 1. The molecule has 0 radical (unpaired) electrons. The second-order valence-electron chi connectivity index (χ2n) is 5.46. The molecular weight excluding hydrogens is 302 g/mol. The van der Waals surface area contributed by atoms with Gasteiger partial charge in [-0.15, -0.1) is 0 Å². The number of carbonyl (C=O) groups is 1. The Kier molecular flexibility index (Phi) is 3.35. The van der Waals surface area contributed by atoms with Gasteiger partial charge in [-0.3, -0.25) is 4.79 Å². The van der Waals surface area contributed by atoms with Crippen LogP contribution < -0.4 is 10.3 Å². The highest BCUT2D eigenvalue weighted by atomic mass is 16.5. The van der Waals surface area contributed by atoms with E-state index in [2.05, 4.69) is 4.98 Å². The molecule has 0 unspecified atom stereocenters. The van der Waals surface area contributed by atoms with Crippen molar-refractivity contribution in [2.24, 2.45) is 0 Å². The van der Waals surface area contributed by atoms with Crippen molar-refractivity contribution in [3.05, 3.63) is 88.7 Å². The van der Waals surface area contributed by atoms with Gasteiger partial charge in [0, 0.05) is 16.8 Å². The van der Waals surface area contributed by atoms with E-state index < -0.39 is 5.97 Å². The number of esters is 1. The lowest BCUT2D eigenvalue weighted by Crippen LogP contribution is -2.12. The van der Waals surface area contributed by atoms with Crippen LogP contribution in [0.15, 0.2) is 77.6 Å². The number of fused-ring (bicyclic) bond motifs is 3. The molecule has 0 bridgehead atoms. The predicted octanol–water partition coefficient (Wildman–Crippen LogP) is 3.90. The molecule has 0 fully saturated rings. The van der Waals surface area contributed by atoms with E-state index in [1.54, 1.807) is 24.3 Å². The minimum absolute atomic E-state index is 0.258. The van der Waals surface area contributed by atoms with Gasteiger partial charge in [0.15, 0.2) is 0 Å². The van der Waals surface area contributed by atoms with Crippen molar-refractivity contribution in [1.29, 1.82) is 0 Å². The summed E-state index contributed by atoms with van der Waals surface area (Å²) in [4.78, 5) is 27.2. The molecule has 0 atom stereocenters. The molecule has 4 rings (SSSR count). The second kappa shape index (κ2) is 5.66. The van der Waals surface area contributed by atoms with Crippen molar-refractivity contribution in [3.63, 3.8) is 0 Å². The fourth-order valence-corrected chi connectivity index (χ4v) is 2.79. The number of aromatic nitrogens is 1. The molecule has 0 aliphatic heterocycles. The molecule has 1 aromatic heterocycles. The zero-order chi connectivity index (χ0) is 16.5. The summed E-state index contributed by atoms with van der Waals surface area (Å²) in [7, 11) is 0. The quantitative estimate of drug-likeness (QED) is 0.451. The maximum absolute atomic E-state index is 12.3. The largest absolute Gasteiger partial charge is 0.422 e. The first-order chi connectivity index (χ1) is 11.7. The summed E-state index contributed by atoms with van der Waals surface area (Å²) in [5.74, 6) is -0.232. The molecule has 116 valence electrons. The highest BCUT2D eigenvalue weighted by Gasteiger charge is 2.13. The van der Waals surface area contributed by atoms with Gasteiger partial charge in [0.05, 0.1) is 11.1 Å². The molecule has 24 heavy (non-hydrogen) atoms. The van der Waals surface area contributed by atoms with Gasteiger partial charge in [-0.2, -0.15) is 0 Å². The molecule has 0 spiro atoms. The van der Waals surface area contributed by atoms with Gasteiger partial charge in [-0.1, -0.05) is 48.5 Å². The predicted molar refractivity (Wildman–Crippen MR) is 93.5 cm³/mol. The molecule has 0 saturated heterocycles. The van der Waals surface area contributed by atoms with E-state index >= 15 is 0 Å². The third kappa shape index (κ3) is 2.44.